The van der Waals surface area contributed by atoms with Crippen molar-refractivity contribution in [2.75, 3.05) is 7.11 Å². The van der Waals surface area contributed by atoms with Crippen LogP contribution in [0, 0.1) is 0 Å². The molecule has 2 heterocycles. The number of rotatable bonds is 7. The van der Waals surface area contributed by atoms with Crippen LogP contribution < -0.4 is 5.32 Å². The number of allylic oxidation sites excluding steroid dienone is 3. The van der Waals surface area contributed by atoms with E-state index in [1.165, 1.54) is 19.5 Å². The van der Waals surface area contributed by atoms with Gasteiger partial charge in [0.2, 0.25) is 0 Å². The molecule has 1 unspecified atom stereocenters. The Bertz CT molecular complexity index is 647. The van der Waals surface area contributed by atoms with Crippen molar-refractivity contribution in [3.8, 4) is 0 Å². The van der Waals surface area contributed by atoms with Gasteiger partial charge < -0.3 is 15.0 Å². The Hall–Kier alpha value is -2.83. The molecule has 1 saturated heterocycles. The largest absolute Gasteiger partial charge is 0.495 e. The van der Waals surface area contributed by atoms with Gasteiger partial charge in [0, 0.05) is 24.7 Å². The van der Waals surface area contributed by atoms with Crippen LogP contribution in [0.25, 0.3) is 0 Å². The maximum atomic E-state index is 12.6. The first kappa shape index (κ1) is 20.2. The number of ether oxygens (including phenoxy) is 1. The normalized spacial score (nSPS) is 17.8. The summed E-state index contributed by atoms with van der Waals surface area (Å²) in [6.07, 6.45) is 9.09. The van der Waals surface area contributed by atoms with Crippen molar-refractivity contribution < 1.29 is 14.3 Å². The molecule has 136 valence electrons. The van der Waals surface area contributed by atoms with Gasteiger partial charge in [-0.3, -0.25) is 4.79 Å². The van der Waals surface area contributed by atoms with Gasteiger partial charge in [0.05, 0.1) is 19.1 Å². The summed E-state index contributed by atoms with van der Waals surface area (Å²) in [5.41, 5.74) is 1.25. The first-order chi connectivity index (χ1) is 12.1. The van der Waals surface area contributed by atoms with E-state index in [2.05, 4.69) is 21.9 Å². The number of nitrogens with zero attached hydrogens (tertiary/aromatic N) is 2. The van der Waals surface area contributed by atoms with Crippen LogP contribution in [0.15, 0.2) is 48.8 Å². The van der Waals surface area contributed by atoms with Gasteiger partial charge in [0.1, 0.15) is 11.8 Å². The van der Waals surface area contributed by atoms with Crippen molar-refractivity contribution in [3.63, 3.8) is 0 Å². The molecule has 1 atom stereocenters. The maximum absolute atomic E-state index is 12.6. The fraction of sp³-hybridized carbons (Fsp3) is 0.389. The number of amides is 3. The lowest BCUT2D eigenvalue weighted by Crippen LogP contribution is -2.32. The van der Waals surface area contributed by atoms with Crippen LogP contribution in [0.1, 0.15) is 32.9 Å². The average Bonchev–Trinajstić information content (AvgIpc) is 3.23. The van der Waals surface area contributed by atoms with Crippen LogP contribution in [0.2, 0.25) is 0 Å². The van der Waals surface area contributed by atoms with Crippen LogP contribution in [0.4, 0.5) is 4.79 Å². The van der Waals surface area contributed by atoms with E-state index in [0.717, 1.165) is 10.6 Å². The number of carbonyl (C=O) groups is 2. The fourth-order valence-corrected chi connectivity index (χ4v) is 2.39. The predicted molar refractivity (Wildman–Crippen MR) is 96.5 cm³/mol. The van der Waals surface area contributed by atoms with Crippen molar-refractivity contribution in [1.29, 1.82) is 0 Å². The molecule has 0 aliphatic carbocycles. The van der Waals surface area contributed by atoms with E-state index in [1.54, 1.807) is 6.20 Å². The second-order valence-electron chi connectivity index (χ2n) is 4.95. The predicted octanol–water partition coefficient (Wildman–Crippen LogP) is 2.91. The number of hydrogen-bond acceptors (Lipinski definition) is 4. The van der Waals surface area contributed by atoms with Crippen molar-refractivity contribution in [1.82, 2.24) is 20.2 Å². The van der Waals surface area contributed by atoms with Gasteiger partial charge in [-0.15, -0.1) is 0 Å². The van der Waals surface area contributed by atoms with Gasteiger partial charge >= 0.3 is 6.03 Å². The highest BCUT2D eigenvalue weighted by Gasteiger charge is 2.40. The van der Waals surface area contributed by atoms with Gasteiger partial charge in [0.25, 0.3) is 5.91 Å². The molecule has 2 N–H and O–H groups in total. The van der Waals surface area contributed by atoms with Crippen LogP contribution in [-0.4, -0.2) is 40.0 Å². The summed E-state index contributed by atoms with van der Waals surface area (Å²) in [6, 6.07) is -1.10. The van der Waals surface area contributed by atoms with Crippen molar-refractivity contribution >= 4 is 11.9 Å². The lowest BCUT2D eigenvalue weighted by Gasteiger charge is -2.18. The number of aromatic amines is 1. The minimum atomic E-state index is -0.633. The Labute approximate surface area is 148 Å². The molecule has 0 radical (unpaired) electrons. The highest BCUT2D eigenvalue weighted by Crippen LogP contribution is 2.23. The van der Waals surface area contributed by atoms with Crippen LogP contribution in [-0.2, 0) is 16.0 Å². The monoisotopic (exact) mass is 346 g/mol. The third-order valence-electron chi connectivity index (χ3n) is 3.50. The first-order valence-corrected chi connectivity index (χ1v) is 8.24. The first-order valence-electron chi connectivity index (χ1n) is 8.24. The molecule has 0 aromatic carbocycles. The molecular formula is C18H26N4O3. The molecule has 0 bridgehead atoms. The molecule has 1 aromatic heterocycles. The number of nitrogens with one attached hydrogen (secondary N) is 2. The van der Waals surface area contributed by atoms with Gasteiger partial charge in [-0.1, -0.05) is 32.6 Å². The van der Waals surface area contributed by atoms with Gasteiger partial charge in [-0.25, -0.2) is 14.7 Å². The summed E-state index contributed by atoms with van der Waals surface area (Å²) >= 11 is 0. The van der Waals surface area contributed by atoms with E-state index in [4.69, 9.17) is 4.74 Å². The molecule has 1 aliphatic rings. The lowest BCUT2D eigenvalue weighted by atomic mass is 10.1. The van der Waals surface area contributed by atoms with Crippen LogP contribution in [0.5, 0.6) is 0 Å². The van der Waals surface area contributed by atoms with Crippen molar-refractivity contribution in [3.05, 3.63) is 54.5 Å². The van der Waals surface area contributed by atoms with Gasteiger partial charge in [-0.2, -0.15) is 0 Å². The average molecular weight is 346 g/mol. The molecule has 1 fully saturated rings. The topological polar surface area (TPSA) is 87.3 Å². The summed E-state index contributed by atoms with van der Waals surface area (Å²) in [4.78, 5) is 32.9. The molecule has 7 nitrogen and oxygen atoms in total. The SMILES string of the molecule is C=C/C(OC)=C(\C/C=C\C)N1C(=O)NC(Cc2cnc[nH]2)C1=O.CC. The molecule has 3 amide bonds. The van der Waals surface area contributed by atoms with Gasteiger partial charge in [-0.05, 0) is 13.0 Å². The summed E-state index contributed by atoms with van der Waals surface area (Å²) in [7, 11) is 1.48. The molecular weight excluding hydrogens is 320 g/mol. The van der Waals surface area contributed by atoms with Crippen molar-refractivity contribution in [2.45, 2.75) is 39.7 Å². The molecule has 2 rings (SSSR count). The van der Waals surface area contributed by atoms with E-state index in [0.29, 0.717) is 24.3 Å². The Balaban J connectivity index is 0.00000151. The second kappa shape index (κ2) is 10.1. The minimum Gasteiger partial charge on any atom is -0.495 e. The molecule has 0 spiro atoms. The van der Waals surface area contributed by atoms with E-state index < -0.39 is 12.1 Å². The number of carbonyl (C=O) groups excluding carboxylic acids is 2. The van der Waals surface area contributed by atoms with E-state index >= 15 is 0 Å². The third kappa shape index (κ3) is 4.82. The third-order valence-corrected chi connectivity index (χ3v) is 3.50. The number of imide groups is 1. The van der Waals surface area contributed by atoms with Crippen LogP contribution >= 0.6 is 0 Å². The number of urea groups is 1. The maximum Gasteiger partial charge on any atom is 0.329 e. The van der Waals surface area contributed by atoms with E-state index in [1.807, 2.05) is 32.9 Å². The van der Waals surface area contributed by atoms with Crippen molar-refractivity contribution in [2.24, 2.45) is 0 Å². The number of imidazole rings is 1. The van der Waals surface area contributed by atoms with Crippen LogP contribution in [0.3, 0.4) is 0 Å². The molecule has 25 heavy (non-hydrogen) atoms. The van der Waals surface area contributed by atoms with Gasteiger partial charge in [0.15, 0.2) is 0 Å². The quantitative estimate of drug-likeness (QED) is 0.344. The zero-order valence-electron chi connectivity index (χ0n) is 15.2. The molecule has 1 aliphatic heterocycles. The number of hydrogen-bond donors (Lipinski definition) is 2. The van der Waals surface area contributed by atoms with E-state index in [9.17, 15) is 9.59 Å². The highest BCUT2D eigenvalue weighted by molar-refractivity contribution is 6.06. The zero-order valence-corrected chi connectivity index (χ0v) is 15.2. The summed E-state index contributed by atoms with van der Waals surface area (Å²) in [5.74, 6) is 0.0780. The number of aromatic nitrogens is 2. The Kier molecular flexibility index (Phi) is 8.18. The Morgan fingerprint density at radius 3 is 2.68 bits per heavy atom. The number of H-pyrrole nitrogens is 1. The summed E-state index contributed by atoms with van der Waals surface area (Å²) < 4.78 is 5.25. The Morgan fingerprint density at radius 2 is 2.16 bits per heavy atom. The minimum absolute atomic E-state index is 0.319. The molecule has 7 heteroatoms. The molecule has 0 saturated carbocycles. The fourth-order valence-electron chi connectivity index (χ4n) is 2.39. The molecule has 1 aromatic rings. The summed E-state index contributed by atoms with van der Waals surface area (Å²) in [5, 5.41) is 2.69. The standard InChI is InChI=1S/C16H20N4O3.C2H6/c1-4-6-7-13(14(5-2)23-3)20-15(21)12(19-16(20)22)8-11-9-17-10-18-11;1-2/h4-6,9-10,12H,2,7-8H2,1,3H3,(H,17,18)(H,19,22);1-2H3/b6-4-,14-13-;. The Morgan fingerprint density at radius 1 is 1.44 bits per heavy atom. The highest BCUT2D eigenvalue weighted by atomic mass is 16.5. The zero-order chi connectivity index (χ0) is 18.8. The van der Waals surface area contributed by atoms with E-state index in [-0.39, 0.29) is 5.91 Å². The number of methoxy groups -OCH3 is 1. The summed E-state index contributed by atoms with van der Waals surface area (Å²) in [6.45, 7) is 9.54. The lowest BCUT2D eigenvalue weighted by molar-refractivity contribution is -0.126. The smallest absolute Gasteiger partial charge is 0.329 e. The second-order valence-corrected chi connectivity index (χ2v) is 4.95.